The molecule has 0 spiro atoms. The van der Waals surface area contributed by atoms with Crippen molar-refractivity contribution in [1.82, 2.24) is 10.6 Å². The molecule has 1 aliphatic heterocycles. The second-order valence-electron chi connectivity index (χ2n) is 6.96. The van der Waals surface area contributed by atoms with E-state index in [0.29, 0.717) is 43.1 Å². The fourth-order valence-electron chi connectivity index (χ4n) is 4.31. The lowest BCUT2D eigenvalue weighted by Gasteiger charge is -2.31. The lowest BCUT2D eigenvalue weighted by molar-refractivity contribution is -0.119. The molecule has 0 aromatic heterocycles. The van der Waals surface area contributed by atoms with E-state index in [1.807, 2.05) is 0 Å². The highest BCUT2D eigenvalue weighted by atomic mass is 19.3. The van der Waals surface area contributed by atoms with Gasteiger partial charge in [-0.15, -0.1) is 0 Å². The number of halogens is 2. The van der Waals surface area contributed by atoms with Gasteiger partial charge in [0.05, 0.1) is 0 Å². The molecule has 20 heavy (non-hydrogen) atoms. The number of carbonyl (C=O) groups is 1. The molecule has 0 unspecified atom stereocenters. The van der Waals surface area contributed by atoms with E-state index >= 15 is 0 Å². The number of hydrogen-bond acceptors (Lipinski definition) is 2. The van der Waals surface area contributed by atoms with E-state index in [4.69, 9.17) is 0 Å². The maximum Gasteiger partial charge on any atom is 0.248 e. The van der Waals surface area contributed by atoms with Gasteiger partial charge in [-0.1, -0.05) is 6.92 Å². The molecule has 5 heteroatoms. The van der Waals surface area contributed by atoms with Crippen LogP contribution >= 0.6 is 0 Å². The Morgan fingerprint density at radius 3 is 2.75 bits per heavy atom. The highest BCUT2D eigenvalue weighted by molar-refractivity contribution is 5.79. The molecule has 3 aliphatic rings. The van der Waals surface area contributed by atoms with E-state index < -0.39 is 5.92 Å². The normalized spacial score (nSPS) is 40.6. The Labute approximate surface area is 118 Å². The van der Waals surface area contributed by atoms with Crippen LogP contribution in [0.4, 0.5) is 8.78 Å². The van der Waals surface area contributed by atoms with Crippen molar-refractivity contribution in [2.24, 2.45) is 17.8 Å². The molecule has 1 saturated heterocycles. The van der Waals surface area contributed by atoms with Crippen molar-refractivity contribution in [2.45, 2.75) is 63.5 Å². The summed E-state index contributed by atoms with van der Waals surface area (Å²) in [5.74, 6) is -0.736. The van der Waals surface area contributed by atoms with Crippen molar-refractivity contribution in [3.8, 4) is 0 Å². The summed E-state index contributed by atoms with van der Waals surface area (Å²) in [4.78, 5) is 11.5. The first kappa shape index (κ1) is 14.2. The van der Waals surface area contributed by atoms with E-state index in [0.717, 1.165) is 13.0 Å². The second-order valence-corrected chi connectivity index (χ2v) is 6.96. The zero-order chi connectivity index (χ0) is 14.3. The molecule has 0 aromatic rings. The molecule has 3 nitrogen and oxygen atoms in total. The quantitative estimate of drug-likeness (QED) is 0.836. The van der Waals surface area contributed by atoms with Crippen LogP contribution in [0.2, 0.25) is 0 Å². The Balaban J connectivity index is 1.50. The minimum atomic E-state index is -2.45. The second kappa shape index (κ2) is 5.24. The van der Waals surface area contributed by atoms with Crippen LogP contribution in [-0.2, 0) is 4.79 Å². The molecule has 2 aliphatic carbocycles. The smallest absolute Gasteiger partial charge is 0.248 e. The zero-order valence-corrected chi connectivity index (χ0v) is 12.0. The summed E-state index contributed by atoms with van der Waals surface area (Å²) in [5, 5.41) is 6.55. The molecule has 114 valence electrons. The maximum atomic E-state index is 13.1. The number of nitrogens with one attached hydrogen (secondary N) is 2. The number of alkyl halides is 2. The molecular weight excluding hydrogens is 262 g/mol. The topological polar surface area (TPSA) is 41.1 Å². The average molecular weight is 286 g/mol. The van der Waals surface area contributed by atoms with Crippen molar-refractivity contribution >= 4 is 5.91 Å². The fraction of sp³-hybridized carbons (Fsp3) is 0.933. The van der Waals surface area contributed by atoms with Crippen LogP contribution in [0.5, 0.6) is 0 Å². The van der Waals surface area contributed by atoms with E-state index in [1.165, 1.54) is 0 Å². The van der Waals surface area contributed by atoms with Gasteiger partial charge in [0.2, 0.25) is 11.8 Å². The summed E-state index contributed by atoms with van der Waals surface area (Å²) in [7, 11) is 0. The molecule has 1 amide bonds. The van der Waals surface area contributed by atoms with Crippen LogP contribution in [0.1, 0.15) is 45.4 Å². The third-order valence-corrected chi connectivity index (χ3v) is 5.55. The molecular formula is C15H24F2N2O. The Hall–Kier alpha value is -0.710. The minimum absolute atomic E-state index is 0.0109. The van der Waals surface area contributed by atoms with Gasteiger partial charge < -0.3 is 10.6 Å². The summed E-state index contributed by atoms with van der Waals surface area (Å²) < 4.78 is 26.3. The number of fused-ring (bicyclic) bond motifs is 1. The van der Waals surface area contributed by atoms with Gasteiger partial charge in [0.25, 0.3) is 0 Å². The van der Waals surface area contributed by atoms with Gasteiger partial charge >= 0.3 is 0 Å². The summed E-state index contributed by atoms with van der Waals surface area (Å²) in [6.45, 7) is 3.11. The van der Waals surface area contributed by atoms with Gasteiger partial charge in [0, 0.05) is 31.3 Å². The van der Waals surface area contributed by atoms with E-state index in [1.54, 1.807) is 0 Å². The Kier molecular flexibility index (Phi) is 3.73. The lowest BCUT2D eigenvalue weighted by Crippen LogP contribution is -2.40. The summed E-state index contributed by atoms with van der Waals surface area (Å²) in [6, 6.07) is 0.575. The number of carbonyl (C=O) groups excluding carboxylic acids is 1. The molecule has 0 bridgehead atoms. The van der Waals surface area contributed by atoms with Gasteiger partial charge in [-0.2, -0.15) is 0 Å². The standard InChI is InChI=1S/C15H24F2N2O/c1-9-6-13-11(7-14(20)19-13)12(9)8-18-10-2-4-15(16,17)5-3-10/h9-13,18H,2-8H2,1H3,(H,19,20)/t9-,11-,12+,13+/m0/s1. The molecule has 2 saturated carbocycles. The van der Waals surface area contributed by atoms with Gasteiger partial charge in [-0.05, 0) is 43.6 Å². The van der Waals surface area contributed by atoms with E-state index in [2.05, 4.69) is 17.6 Å². The third kappa shape index (κ3) is 2.83. The third-order valence-electron chi connectivity index (χ3n) is 5.55. The minimum Gasteiger partial charge on any atom is -0.353 e. The highest BCUT2D eigenvalue weighted by Crippen LogP contribution is 2.42. The van der Waals surface area contributed by atoms with Gasteiger partial charge in [0.15, 0.2) is 0 Å². The highest BCUT2D eigenvalue weighted by Gasteiger charge is 2.46. The molecule has 3 rings (SSSR count). The first-order valence-electron chi connectivity index (χ1n) is 7.85. The van der Waals surface area contributed by atoms with Crippen molar-refractivity contribution in [2.75, 3.05) is 6.54 Å². The lowest BCUT2D eigenvalue weighted by atomic mass is 9.87. The van der Waals surface area contributed by atoms with Crippen molar-refractivity contribution in [3.63, 3.8) is 0 Å². The van der Waals surface area contributed by atoms with Gasteiger partial charge in [-0.3, -0.25) is 4.79 Å². The SMILES string of the molecule is C[C@H]1C[C@H]2NC(=O)C[C@H]2[C@@H]1CNC1CCC(F)(F)CC1. The van der Waals surface area contributed by atoms with Crippen molar-refractivity contribution < 1.29 is 13.6 Å². The average Bonchev–Trinajstić information content (AvgIpc) is 2.84. The van der Waals surface area contributed by atoms with Crippen LogP contribution in [0.15, 0.2) is 0 Å². The van der Waals surface area contributed by atoms with E-state index in [-0.39, 0.29) is 24.8 Å². The number of amides is 1. The summed E-state index contributed by atoms with van der Waals surface area (Å²) in [5.41, 5.74) is 0. The first-order chi connectivity index (χ1) is 9.44. The van der Waals surface area contributed by atoms with Crippen LogP contribution in [0.25, 0.3) is 0 Å². The molecule has 2 N–H and O–H groups in total. The molecule has 4 atom stereocenters. The van der Waals surface area contributed by atoms with Crippen molar-refractivity contribution in [1.29, 1.82) is 0 Å². The van der Waals surface area contributed by atoms with Crippen molar-refractivity contribution in [3.05, 3.63) is 0 Å². The van der Waals surface area contributed by atoms with Gasteiger partial charge in [-0.25, -0.2) is 8.78 Å². The van der Waals surface area contributed by atoms with Crippen LogP contribution in [-0.4, -0.2) is 30.5 Å². The Bertz CT molecular complexity index is 378. The summed E-state index contributed by atoms with van der Waals surface area (Å²) in [6.07, 6.45) is 2.86. The number of rotatable bonds is 3. The maximum absolute atomic E-state index is 13.1. The predicted molar refractivity (Wildman–Crippen MR) is 72.5 cm³/mol. The van der Waals surface area contributed by atoms with Gasteiger partial charge in [0.1, 0.15) is 0 Å². The van der Waals surface area contributed by atoms with Crippen LogP contribution in [0.3, 0.4) is 0 Å². The molecule has 3 fully saturated rings. The van der Waals surface area contributed by atoms with E-state index in [9.17, 15) is 13.6 Å². The largest absolute Gasteiger partial charge is 0.353 e. The van der Waals surface area contributed by atoms with Crippen LogP contribution in [0, 0.1) is 17.8 Å². The molecule has 0 radical (unpaired) electrons. The zero-order valence-electron chi connectivity index (χ0n) is 12.0. The predicted octanol–water partition coefficient (Wildman–Crippen LogP) is 2.31. The summed E-state index contributed by atoms with van der Waals surface area (Å²) >= 11 is 0. The monoisotopic (exact) mass is 286 g/mol. The van der Waals surface area contributed by atoms with Crippen LogP contribution < -0.4 is 10.6 Å². The fourth-order valence-corrected chi connectivity index (χ4v) is 4.31. The first-order valence-corrected chi connectivity index (χ1v) is 7.85. The molecule has 1 heterocycles. The number of hydrogen-bond donors (Lipinski definition) is 2. The molecule has 0 aromatic carbocycles. The Morgan fingerprint density at radius 1 is 1.35 bits per heavy atom. The Morgan fingerprint density at radius 2 is 2.05 bits per heavy atom.